The molecule has 0 saturated heterocycles. The van der Waals surface area contributed by atoms with Gasteiger partial charge in [0.1, 0.15) is 0 Å². The van der Waals surface area contributed by atoms with E-state index in [2.05, 4.69) is 19.2 Å². The second kappa shape index (κ2) is 6.68. The summed E-state index contributed by atoms with van der Waals surface area (Å²) in [7, 11) is 0. The van der Waals surface area contributed by atoms with Gasteiger partial charge in [0.15, 0.2) is 0 Å². The topological polar surface area (TPSA) is 12.0 Å². The average molecular weight is 218 g/mol. The van der Waals surface area contributed by atoms with Crippen molar-refractivity contribution in [2.45, 2.75) is 51.3 Å². The van der Waals surface area contributed by atoms with E-state index in [1.54, 1.807) is 0 Å². The third kappa shape index (κ3) is 3.78. The lowest BCUT2D eigenvalue weighted by Gasteiger charge is -2.27. The van der Waals surface area contributed by atoms with E-state index in [0.29, 0.717) is 11.3 Å². The first-order chi connectivity index (χ1) is 6.77. The maximum absolute atomic E-state index is 6.33. The molecule has 0 bridgehead atoms. The summed E-state index contributed by atoms with van der Waals surface area (Å²) >= 11 is 6.33. The minimum Gasteiger partial charge on any atom is -0.315 e. The lowest BCUT2D eigenvalue weighted by molar-refractivity contribution is 0.298. The van der Waals surface area contributed by atoms with E-state index in [-0.39, 0.29) is 0 Å². The number of nitrogens with one attached hydrogen (secondary N) is 1. The molecule has 14 heavy (non-hydrogen) atoms. The van der Waals surface area contributed by atoms with Crippen LogP contribution in [0.5, 0.6) is 0 Å². The fourth-order valence-corrected chi connectivity index (χ4v) is 2.55. The molecule has 1 fully saturated rings. The molecule has 1 aliphatic rings. The zero-order chi connectivity index (χ0) is 10.4. The van der Waals surface area contributed by atoms with Crippen molar-refractivity contribution in [2.24, 2.45) is 11.8 Å². The fraction of sp³-hybridized carbons (Fsp3) is 1.00. The van der Waals surface area contributed by atoms with Gasteiger partial charge in [-0.1, -0.05) is 33.1 Å². The Balaban J connectivity index is 2.03. The van der Waals surface area contributed by atoms with Crippen LogP contribution in [0.25, 0.3) is 0 Å². The van der Waals surface area contributed by atoms with Crippen LogP contribution in [0.1, 0.15) is 46.0 Å². The first-order valence-electron chi connectivity index (χ1n) is 6.12. The molecule has 1 rings (SSSR count). The Hall–Kier alpha value is 0.250. The molecule has 1 aliphatic carbocycles. The van der Waals surface area contributed by atoms with Gasteiger partial charge in [-0.2, -0.15) is 0 Å². The van der Waals surface area contributed by atoms with Crippen LogP contribution in [0.2, 0.25) is 0 Å². The predicted molar refractivity (Wildman–Crippen MR) is 63.9 cm³/mol. The maximum atomic E-state index is 6.33. The van der Waals surface area contributed by atoms with Crippen LogP contribution < -0.4 is 5.32 Å². The van der Waals surface area contributed by atoms with Crippen molar-refractivity contribution >= 4 is 11.6 Å². The first kappa shape index (κ1) is 12.3. The third-order valence-corrected chi connectivity index (χ3v) is 4.07. The molecule has 0 spiro atoms. The molecule has 0 aromatic rings. The van der Waals surface area contributed by atoms with Gasteiger partial charge in [-0.05, 0) is 31.2 Å². The molecule has 1 N–H and O–H groups in total. The zero-order valence-electron chi connectivity index (χ0n) is 9.56. The highest BCUT2D eigenvalue weighted by Gasteiger charge is 2.19. The summed E-state index contributed by atoms with van der Waals surface area (Å²) in [6.07, 6.45) is 6.69. The molecule has 2 heteroatoms. The number of alkyl halides is 1. The maximum Gasteiger partial charge on any atom is 0.0488 e. The van der Waals surface area contributed by atoms with Gasteiger partial charge in [0.05, 0.1) is 0 Å². The smallest absolute Gasteiger partial charge is 0.0488 e. The summed E-state index contributed by atoms with van der Waals surface area (Å²) < 4.78 is 0. The number of rotatable bonds is 7. The normalized spacial score (nSPS) is 19.7. The van der Waals surface area contributed by atoms with E-state index in [9.17, 15) is 0 Å². The summed E-state index contributed by atoms with van der Waals surface area (Å²) in [6, 6.07) is 0. The van der Waals surface area contributed by atoms with Crippen LogP contribution in [0.3, 0.4) is 0 Å². The molecule has 1 unspecified atom stereocenters. The van der Waals surface area contributed by atoms with Crippen LogP contribution in [0, 0.1) is 11.8 Å². The van der Waals surface area contributed by atoms with Crippen molar-refractivity contribution < 1.29 is 0 Å². The van der Waals surface area contributed by atoms with Gasteiger partial charge < -0.3 is 5.32 Å². The highest BCUT2D eigenvalue weighted by molar-refractivity contribution is 6.21. The van der Waals surface area contributed by atoms with Crippen LogP contribution >= 0.6 is 11.6 Å². The highest BCUT2D eigenvalue weighted by Crippen LogP contribution is 2.25. The Morgan fingerprint density at radius 3 is 2.36 bits per heavy atom. The summed E-state index contributed by atoms with van der Waals surface area (Å²) in [5, 5.41) is 3.83. The molecule has 0 heterocycles. The third-order valence-electron chi connectivity index (χ3n) is 3.56. The molecule has 84 valence electrons. The monoisotopic (exact) mass is 217 g/mol. The molecular weight excluding hydrogens is 194 g/mol. The Morgan fingerprint density at radius 1 is 1.29 bits per heavy atom. The predicted octanol–water partition coefficient (Wildman–Crippen LogP) is 3.42. The highest BCUT2D eigenvalue weighted by atomic mass is 35.5. The van der Waals surface area contributed by atoms with E-state index < -0.39 is 0 Å². The second-order valence-electron chi connectivity index (χ2n) is 4.55. The van der Waals surface area contributed by atoms with E-state index in [1.165, 1.54) is 38.6 Å². The van der Waals surface area contributed by atoms with Gasteiger partial charge in [-0.15, -0.1) is 11.6 Å². The Labute approximate surface area is 93.6 Å². The van der Waals surface area contributed by atoms with Crippen LogP contribution in [-0.2, 0) is 0 Å². The SMILES string of the molecule is CCC(CC)C(Cl)CNCC1CCC1. The molecule has 0 aromatic carbocycles. The summed E-state index contributed by atoms with van der Waals surface area (Å²) in [5.41, 5.74) is 0. The zero-order valence-corrected chi connectivity index (χ0v) is 10.3. The van der Waals surface area contributed by atoms with Gasteiger partial charge in [0.25, 0.3) is 0 Å². The average Bonchev–Trinajstić information content (AvgIpc) is 2.11. The van der Waals surface area contributed by atoms with E-state index in [1.807, 2.05) is 0 Å². The lowest BCUT2D eigenvalue weighted by atomic mass is 9.85. The van der Waals surface area contributed by atoms with Gasteiger partial charge in [0, 0.05) is 11.9 Å². The standard InChI is InChI=1S/C12H24ClN/c1-3-11(4-2)12(13)9-14-8-10-6-5-7-10/h10-12,14H,3-9H2,1-2H3. The second-order valence-corrected chi connectivity index (χ2v) is 5.11. The minimum absolute atomic E-state index is 0.324. The summed E-state index contributed by atoms with van der Waals surface area (Å²) in [5.74, 6) is 1.63. The van der Waals surface area contributed by atoms with Gasteiger partial charge in [0.2, 0.25) is 0 Å². The van der Waals surface area contributed by atoms with Crippen molar-refractivity contribution in [1.29, 1.82) is 0 Å². The van der Waals surface area contributed by atoms with Gasteiger partial charge >= 0.3 is 0 Å². The molecule has 0 amide bonds. The minimum atomic E-state index is 0.324. The molecule has 0 aliphatic heterocycles. The molecule has 0 aromatic heterocycles. The Bertz CT molecular complexity index is 141. The summed E-state index contributed by atoms with van der Waals surface area (Å²) in [6.45, 7) is 6.64. The largest absolute Gasteiger partial charge is 0.315 e. The van der Waals surface area contributed by atoms with E-state index in [0.717, 1.165) is 12.5 Å². The van der Waals surface area contributed by atoms with Crippen molar-refractivity contribution in [3.05, 3.63) is 0 Å². The van der Waals surface area contributed by atoms with Crippen molar-refractivity contribution in [3.63, 3.8) is 0 Å². The van der Waals surface area contributed by atoms with Crippen LogP contribution in [0.15, 0.2) is 0 Å². The summed E-state index contributed by atoms with van der Waals surface area (Å²) in [4.78, 5) is 0. The molecular formula is C12H24ClN. The Kier molecular flexibility index (Phi) is 5.88. The van der Waals surface area contributed by atoms with E-state index >= 15 is 0 Å². The van der Waals surface area contributed by atoms with Crippen molar-refractivity contribution in [1.82, 2.24) is 5.32 Å². The van der Waals surface area contributed by atoms with Crippen molar-refractivity contribution in [2.75, 3.05) is 13.1 Å². The Morgan fingerprint density at radius 2 is 1.93 bits per heavy atom. The quantitative estimate of drug-likeness (QED) is 0.645. The lowest BCUT2D eigenvalue weighted by Crippen LogP contribution is -2.34. The molecule has 0 radical (unpaired) electrons. The van der Waals surface area contributed by atoms with Crippen LogP contribution in [0.4, 0.5) is 0 Å². The number of hydrogen-bond donors (Lipinski definition) is 1. The number of hydrogen-bond acceptors (Lipinski definition) is 1. The molecule has 1 nitrogen and oxygen atoms in total. The molecule has 1 saturated carbocycles. The number of halogens is 1. The van der Waals surface area contributed by atoms with Crippen LogP contribution in [-0.4, -0.2) is 18.5 Å². The fourth-order valence-electron chi connectivity index (χ4n) is 2.09. The van der Waals surface area contributed by atoms with Gasteiger partial charge in [-0.25, -0.2) is 0 Å². The van der Waals surface area contributed by atoms with Gasteiger partial charge in [-0.3, -0.25) is 0 Å². The van der Waals surface area contributed by atoms with E-state index in [4.69, 9.17) is 11.6 Å². The van der Waals surface area contributed by atoms with Crippen molar-refractivity contribution in [3.8, 4) is 0 Å². The first-order valence-corrected chi connectivity index (χ1v) is 6.56. The molecule has 1 atom stereocenters.